The molecular weight excluding hydrogens is 503 g/mol. The number of hydrogen-bond donors (Lipinski definition) is 2. The quantitative estimate of drug-likeness (QED) is 0.406. The number of nitrogens with zero attached hydrogens (tertiary/aromatic N) is 1. The Hall–Kier alpha value is -1.77. The number of hydrazone groups is 1. The van der Waals surface area contributed by atoms with E-state index in [1.165, 1.54) is 6.21 Å². The third-order valence-electron chi connectivity index (χ3n) is 3.37. The van der Waals surface area contributed by atoms with Crippen molar-refractivity contribution in [2.45, 2.75) is 13.8 Å². The number of ether oxygens (including phenoxy) is 2. The normalized spacial score (nSPS) is 10.9. The molecule has 0 aliphatic rings. The maximum atomic E-state index is 11.9. The fourth-order valence-electron chi connectivity index (χ4n) is 2.03. The zero-order valence-corrected chi connectivity index (χ0v) is 18.5. The molecule has 0 heterocycles. The average molecular weight is 521 g/mol. The number of carbonyl (C=O) groups excluding carboxylic acids is 1. The van der Waals surface area contributed by atoms with Crippen molar-refractivity contribution in [3.05, 3.63) is 49.4 Å². The number of aryl methyl sites for hydroxylation is 1. The van der Waals surface area contributed by atoms with Crippen LogP contribution in [0.25, 0.3) is 0 Å². The Kier molecular flexibility index (Phi) is 7.94. The number of hydrogen-bond acceptors (Lipinski definition) is 5. The van der Waals surface area contributed by atoms with Gasteiger partial charge in [0.25, 0.3) is 5.91 Å². The van der Waals surface area contributed by atoms with Crippen LogP contribution in [0.5, 0.6) is 17.2 Å². The van der Waals surface area contributed by atoms with Gasteiger partial charge in [0.15, 0.2) is 18.1 Å². The molecule has 2 aromatic carbocycles. The highest BCUT2D eigenvalue weighted by Crippen LogP contribution is 2.41. The van der Waals surface area contributed by atoms with Gasteiger partial charge in [0.2, 0.25) is 0 Å². The van der Waals surface area contributed by atoms with Gasteiger partial charge in [0.05, 0.1) is 17.3 Å². The van der Waals surface area contributed by atoms with Gasteiger partial charge in [-0.2, -0.15) is 5.10 Å². The number of rotatable bonds is 7. The van der Waals surface area contributed by atoms with Gasteiger partial charge in [-0.05, 0) is 75.5 Å². The van der Waals surface area contributed by atoms with Crippen molar-refractivity contribution in [3.63, 3.8) is 0 Å². The van der Waals surface area contributed by atoms with Crippen LogP contribution in [0.15, 0.2) is 38.3 Å². The molecule has 2 N–H and O–H groups in total. The number of nitrogens with one attached hydrogen (secondary N) is 1. The summed E-state index contributed by atoms with van der Waals surface area (Å²) in [6.45, 7) is 3.87. The van der Waals surface area contributed by atoms with Gasteiger partial charge in [-0.1, -0.05) is 11.6 Å². The first kappa shape index (κ1) is 21.5. The summed E-state index contributed by atoms with van der Waals surface area (Å²) in [4.78, 5) is 11.9. The standard InChI is InChI=1S/C18H17Br2ClN2O4/c1-3-26-14-7-11(16(19)17(20)18(14)25)8-22-23-15(24)9-27-12-4-5-13(21)10(2)6-12/h4-8,25H,3,9H2,1-2H3,(H,23,24)/b22-8+. The molecule has 0 aliphatic carbocycles. The second-order valence-electron chi connectivity index (χ2n) is 5.37. The Morgan fingerprint density at radius 2 is 2.04 bits per heavy atom. The molecule has 0 atom stereocenters. The van der Waals surface area contributed by atoms with Crippen molar-refractivity contribution < 1.29 is 19.4 Å². The van der Waals surface area contributed by atoms with E-state index in [4.69, 9.17) is 21.1 Å². The first-order valence-electron chi connectivity index (χ1n) is 7.88. The molecule has 0 aliphatic heterocycles. The van der Waals surface area contributed by atoms with Gasteiger partial charge in [-0.15, -0.1) is 0 Å². The topological polar surface area (TPSA) is 80.2 Å². The molecule has 0 aromatic heterocycles. The van der Waals surface area contributed by atoms with E-state index < -0.39 is 5.91 Å². The molecule has 2 aromatic rings. The lowest BCUT2D eigenvalue weighted by Gasteiger charge is -2.11. The van der Waals surface area contributed by atoms with Crippen molar-refractivity contribution >= 4 is 55.6 Å². The van der Waals surface area contributed by atoms with Crippen LogP contribution in [-0.2, 0) is 4.79 Å². The monoisotopic (exact) mass is 518 g/mol. The third kappa shape index (κ3) is 5.85. The molecule has 0 unspecified atom stereocenters. The molecular formula is C18H17Br2ClN2O4. The maximum absolute atomic E-state index is 11.9. The highest BCUT2D eigenvalue weighted by atomic mass is 79.9. The summed E-state index contributed by atoms with van der Waals surface area (Å²) in [5.74, 6) is 0.416. The van der Waals surface area contributed by atoms with Gasteiger partial charge >= 0.3 is 0 Å². The van der Waals surface area contributed by atoms with Gasteiger partial charge < -0.3 is 14.6 Å². The van der Waals surface area contributed by atoms with E-state index in [1.807, 2.05) is 13.8 Å². The largest absolute Gasteiger partial charge is 0.503 e. The first-order valence-corrected chi connectivity index (χ1v) is 9.84. The summed E-state index contributed by atoms with van der Waals surface area (Å²) in [7, 11) is 0. The number of carbonyl (C=O) groups is 1. The summed E-state index contributed by atoms with van der Waals surface area (Å²) < 4.78 is 11.8. The van der Waals surface area contributed by atoms with E-state index in [0.29, 0.717) is 37.6 Å². The summed E-state index contributed by atoms with van der Waals surface area (Å²) >= 11 is 12.6. The maximum Gasteiger partial charge on any atom is 0.277 e. The van der Waals surface area contributed by atoms with Crippen molar-refractivity contribution in [1.29, 1.82) is 0 Å². The van der Waals surface area contributed by atoms with Crippen molar-refractivity contribution in [2.75, 3.05) is 13.2 Å². The zero-order chi connectivity index (χ0) is 20.0. The Labute approximate surface area is 178 Å². The molecule has 27 heavy (non-hydrogen) atoms. The summed E-state index contributed by atoms with van der Waals surface area (Å²) in [5.41, 5.74) is 3.85. The summed E-state index contributed by atoms with van der Waals surface area (Å²) in [6, 6.07) is 6.75. The molecule has 2 rings (SSSR count). The predicted molar refractivity (Wildman–Crippen MR) is 112 cm³/mol. The number of phenolic OH excluding ortho intramolecular Hbond substituents is 1. The fourth-order valence-corrected chi connectivity index (χ4v) is 2.98. The Bertz CT molecular complexity index is 875. The summed E-state index contributed by atoms with van der Waals surface area (Å²) in [6.07, 6.45) is 1.43. The minimum atomic E-state index is -0.419. The molecule has 0 saturated heterocycles. The first-order chi connectivity index (χ1) is 12.8. The van der Waals surface area contributed by atoms with Crippen LogP contribution in [0.1, 0.15) is 18.1 Å². The van der Waals surface area contributed by atoms with Crippen LogP contribution in [0.4, 0.5) is 0 Å². The smallest absolute Gasteiger partial charge is 0.277 e. The minimum absolute atomic E-state index is 0.0171. The van der Waals surface area contributed by atoms with E-state index >= 15 is 0 Å². The highest BCUT2D eigenvalue weighted by molar-refractivity contribution is 9.13. The van der Waals surface area contributed by atoms with E-state index in [-0.39, 0.29) is 12.4 Å². The Morgan fingerprint density at radius 1 is 1.30 bits per heavy atom. The molecule has 0 spiro atoms. The van der Waals surface area contributed by atoms with Gasteiger partial charge in [-0.3, -0.25) is 4.79 Å². The number of halogens is 3. The zero-order valence-electron chi connectivity index (χ0n) is 14.6. The lowest BCUT2D eigenvalue weighted by molar-refractivity contribution is -0.123. The van der Waals surface area contributed by atoms with Crippen LogP contribution < -0.4 is 14.9 Å². The molecule has 1 amide bonds. The van der Waals surface area contributed by atoms with E-state index in [9.17, 15) is 9.90 Å². The van der Waals surface area contributed by atoms with Crippen molar-refractivity contribution in [2.24, 2.45) is 5.10 Å². The number of amides is 1. The SMILES string of the molecule is CCOc1cc(/C=N/NC(=O)COc2ccc(Cl)c(C)c2)c(Br)c(Br)c1O. The van der Waals surface area contributed by atoms with Gasteiger partial charge in [-0.25, -0.2) is 5.43 Å². The second-order valence-corrected chi connectivity index (χ2v) is 7.36. The van der Waals surface area contributed by atoms with Gasteiger partial charge in [0, 0.05) is 15.1 Å². The van der Waals surface area contributed by atoms with E-state index in [0.717, 1.165) is 5.56 Å². The van der Waals surface area contributed by atoms with Crippen molar-refractivity contribution in [1.82, 2.24) is 5.43 Å². The fraction of sp³-hybridized carbons (Fsp3) is 0.222. The van der Waals surface area contributed by atoms with Crippen LogP contribution in [-0.4, -0.2) is 30.4 Å². The highest BCUT2D eigenvalue weighted by Gasteiger charge is 2.14. The Balaban J connectivity index is 1.98. The van der Waals surface area contributed by atoms with Crippen LogP contribution in [0.3, 0.4) is 0 Å². The van der Waals surface area contributed by atoms with Crippen molar-refractivity contribution in [3.8, 4) is 17.2 Å². The summed E-state index contributed by atoms with van der Waals surface area (Å²) in [5, 5.41) is 14.6. The third-order valence-corrected chi connectivity index (χ3v) is 5.95. The second kappa shape index (κ2) is 9.96. The van der Waals surface area contributed by atoms with E-state index in [1.54, 1.807) is 24.3 Å². The van der Waals surface area contributed by atoms with Crippen LogP contribution in [0, 0.1) is 6.92 Å². The molecule has 0 radical (unpaired) electrons. The average Bonchev–Trinajstić information content (AvgIpc) is 2.64. The van der Waals surface area contributed by atoms with Crippen LogP contribution in [0.2, 0.25) is 5.02 Å². The van der Waals surface area contributed by atoms with Gasteiger partial charge in [0.1, 0.15) is 5.75 Å². The predicted octanol–water partition coefficient (Wildman–Crippen LogP) is 4.81. The lowest BCUT2D eigenvalue weighted by atomic mass is 10.2. The number of aromatic hydroxyl groups is 1. The molecule has 9 heteroatoms. The molecule has 0 saturated carbocycles. The van der Waals surface area contributed by atoms with Crippen LogP contribution >= 0.6 is 43.5 Å². The number of benzene rings is 2. The Morgan fingerprint density at radius 3 is 2.70 bits per heavy atom. The molecule has 0 bridgehead atoms. The lowest BCUT2D eigenvalue weighted by Crippen LogP contribution is -2.24. The van der Waals surface area contributed by atoms with E-state index in [2.05, 4.69) is 42.4 Å². The molecule has 0 fully saturated rings. The minimum Gasteiger partial charge on any atom is -0.503 e. The molecule has 6 nitrogen and oxygen atoms in total. The number of phenols is 1. The molecule has 144 valence electrons.